The van der Waals surface area contributed by atoms with E-state index in [1.807, 2.05) is 54.1 Å². The minimum atomic E-state index is 0.0188. The van der Waals surface area contributed by atoms with Crippen LogP contribution in [0.25, 0.3) is 11.0 Å². The van der Waals surface area contributed by atoms with Crippen LogP contribution in [0.3, 0.4) is 0 Å². The molecular formula is C18H19N3OS. The van der Waals surface area contributed by atoms with Crippen LogP contribution in [0.15, 0.2) is 53.4 Å². The van der Waals surface area contributed by atoms with Crippen molar-refractivity contribution in [3.05, 3.63) is 59.9 Å². The Balaban J connectivity index is 1.58. The fraction of sp³-hybridized carbons (Fsp3) is 0.222. The van der Waals surface area contributed by atoms with E-state index in [9.17, 15) is 4.79 Å². The molecule has 0 spiro atoms. The van der Waals surface area contributed by atoms with Crippen LogP contribution in [0.4, 0.5) is 0 Å². The normalized spacial score (nSPS) is 10.9. The number of hydrogen-bond acceptors (Lipinski definition) is 3. The van der Waals surface area contributed by atoms with E-state index in [2.05, 4.69) is 23.3 Å². The van der Waals surface area contributed by atoms with E-state index in [0.717, 1.165) is 21.8 Å². The molecule has 0 atom stereocenters. The Morgan fingerprint density at radius 1 is 1.17 bits per heavy atom. The molecule has 3 aromatic rings. The number of aryl methyl sites for hydroxylation is 2. The summed E-state index contributed by atoms with van der Waals surface area (Å²) in [5, 5.41) is 2.95. The summed E-state index contributed by atoms with van der Waals surface area (Å²) >= 11 is 1.56. The fourth-order valence-corrected chi connectivity index (χ4v) is 3.30. The van der Waals surface area contributed by atoms with Gasteiger partial charge in [0.1, 0.15) is 5.82 Å². The molecule has 0 aliphatic carbocycles. The number of thioether (sulfide) groups is 1. The summed E-state index contributed by atoms with van der Waals surface area (Å²) in [7, 11) is 1.97. The quantitative estimate of drug-likeness (QED) is 0.732. The molecule has 118 valence electrons. The molecule has 0 bridgehead atoms. The first-order chi connectivity index (χ1) is 11.1. The molecule has 0 fully saturated rings. The Bertz CT molecular complexity index is 841. The molecule has 23 heavy (non-hydrogen) atoms. The summed E-state index contributed by atoms with van der Waals surface area (Å²) in [6.45, 7) is 2.50. The summed E-state index contributed by atoms with van der Waals surface area (Å²) < 4.78 is 2.02. The first-order valence-electron chi connectivity index (χ1n) is 7.50. The van der Waals surface area contributed by atoms with Crippen LogP contribution >= 0.6 is 11.8 Å². The molecule has 1 N–H and O–H groups in total. The lowest BCUT2D eigenvalue weighted by atomic mass is 10.2. The van der Waals surface area contributed by atoms with Crippen molar-refractivity contribution in [2.24, 2.45) is 7.05 Å². The van der Waals surface area contributed by atoms with E-state index in [1.165, 1.54) is 5.56 Å². The summed E-state index contributed by atoms with van der Waals surface area (Å²) in [4.78, 5) is 17.8. The number of aromatic nitrogens is 2. The molecule has 0 unspecified atom stereocenters. The number of nitrogens with one attached hydrogen (secondary N) is 1. The SMILES string of the molecule is Cc1ccccc1SCC(=O)NCc1nc2ccccc2n1C. The van der Waals surface area contributed by atoms with Crippen LogP contribution in [-0.2, 0) is 18.4 Å². The average Bonchev–Trinajstić information content (AvgIpc) is 2.89. The summed E-state index contributed by atoms with van der Waals surface area (Å²) in [5.41, 5.74) is 3.22. The summed E-state index contributed by atoms with van der Waals surface area (Å²) in [6.07, 6.45) is 0. The van der Waals surface area contributed by atoms with Gasteiger partial charge in [0.25, 0.3) is 0 Å². The van der Waals surface area contributed by atoms with Crippen LogP contribution in [0.2, 0.25) is 0 Å². The fourth-order valence-electron chi connectivity index (χ4n) is 2.44. The largest absolute Gasteiger partial charge is 0.348 e. The van der Waals surface area contributed by atoms with Crippen molar-refractivity contribution in [2.75, 3.05) is 5.75 Å². The molecule has 1 heterocycles. The minimum absolute atomic E-state index is 0.0188. The van der Waals surface area contributed by atoms with Crippen molar-refractivity contribution in [3.63, 3.8) is 0 Å². The first kappa shape index (κ1) is 15.6. The Hall–Kier alpha value is -2.27. The minimum Gasteiger partial charge on any atom is -0.348 e. The van der Waals surface area contributed by atoms with Gasteiger partial charge in [0.15, 0.2) is 0 Å². The molecule has 4 nitrogen and oxygen atoms in total. The zero-order valence-corrected chi connectivity index (χ0v) is 14.1. The molecule has 3 rings (SSSR count). The van der Waals surface area contributed by atoms with Crippen molar-refractivity contribution in [1.82, 2.24) is 14.9 Å². The van der Waals surface area contributed by atoms with Crippen molar-refractivity contribution in [2.45, 2.75) is 18.4 Å². The van der Waals surface area contributed by atoms with Crippen LogP contribution in [-0.4, -0.2) is 21.2 Å². The van der Waals surface area contributed by atoms with E-state index >= 15 is 0 Å². The van der Waals surface area contributed by atoms with Gasteiger partial charge in [-0.2, -0.15) is 0 Å². The summed E-state index contributed by atoms with van der Waals surface area (Å²) in [5.74, 6) is 1.29. The van der Waals surface area contributed by atoms with Crippen LogP contribution in [0, 0.1) is 6.92 Å². The summed E-state index contributed by atoms with van der Waals surface area (Å²) in [6, 6.07) is 16.1. The maximum absolute atomic E-state index is 12.1. The molecule has 0 saturated heterocycles. The van der Waals surface area contributed by atoms with Gasteiger partial charge < -0.3 is 9.88 Å². The average molecular weight is 325 g/mol. The predicted octanol–water partition coefficient (Wildman–Crippen LogP) is 3.29. The van der Waals surface area contributed by atoms with Gasteiger partial charge in [-0.1, -0.05) is 30.3 Å². The predicted molar refractivity (Wildman–Crippen MR) is 94.5 cm³/mol. The topological polar surface area (TPSA) is 46.9 Å². The number of carbonyl (C=O) groups is 1. The standard InChI is InChI=1S/C18H19N3OS/c1-13-7-3-6-10-16(13)23-12-18(22)19-11-17-20-14-8-4-5-9-15(14)21(17)2/h3-10H,11-12H2,1-2H3,(H,19,22). The molecule has 0 aliphatic rings. The molecule has 1 aromatic heterocycles. The number of imidazole rings is 1. The third kappa shape index (κ3) is 3.56. The highest BCUT2D eigenvalue weighted by atomic mass is 32.2. The van der Waals surface area contributed by atoms with Crippen molar-refractivity contribution in [1.29, 1.82) is 0 Å². The van der Waals surface area contributed by atoms with Crippen molar-refractivity contribution >= 4 is 28.7 Å². The highest BCUT2D eigenvalue weighted by Crippen LogP contribution is 2.21. The zero-order valence-electron chi connectivity index (χ0n) is 13.2. The second-order valence-electron chi connectivity index (χ2n) is 5.41. The second-order valence-corrected chi connectivity index (χ2v) is 6.42. The number of benzene rings is 2. The van der Waals surface area contributed by atoms with Crippen LogP contribution < -0.4 is 5.32 Å². The van der Waals surface area contributed by atoms with Gasteiger partial charge in [0, 0.05) is 11.9 Å². The Morgan fingerprint density at radius 2 is 1.91 bits per heavy atom. The van der Waals surface area contributed by atoms with Gasteiger partial charge in [-0.3, -0.25) is 4.79 Å². The Labute approximate surface area is 139 Å². The number of hydrogen-bond donors (Lipinski definition) is 1. The number of carbonyl (C=O) groups excluding carboxylic acids is 1. The molecule has 5 heteroatoms. The molecular weight excluding hydrogens is 306 g/mol. The number of fused-ring (bicyclic) bond motifs is 1. The number of amides is 1. The van der Waals surface area contributed by atoms with Crippen molar-refractivity contribution < 1.29 is 4.79 Å². The molecule has 1 amide bonds. The highest BCUT2D eigenvalue weighted by molar-refractivity contribution is 8.00. The zero-order chi connectivity index (χ0) is 16.2. The molecule has 0 aliphatic heterocycles. The number of rotatable bonds is 5. The number of para-hydroxylation sites is 2. The molecule has 0 saturated carbocycles. The smallest absolute Gasteiger partial charge is 0.230 e. The number of nitrogens with zero attached hydrogens (tertiary/aromatic N) is 2. The lowest BCUT2D eigenvalue weighted by molar-refractivity contribution is -0.118. The molecule has 0 radical (unpaired) electrons. The monoisotopic (exact) mass is 325 g/mol. The lowest BCUT2D eigenvalue weighted by Gasteiger charge is -2.07. The lowest BCUT2D eigenvalue weighted by Crippen LogP contribution is -2.26. The van der Waals surface area contributed by atoms with Gasteiger partial charge in [-0.05, 0) is 30.7 Å². The van der Waals surface area contributed by atoms with E-state index < -0.39 is 0 Å². The van der Waals surface area contributed by atoms with Gasteiger partial charge in [0.2, 0.25) is 5.91 Å². The van der Waals surface area contributed by atoms with Gasteiger partial charge in [0.05, 0.1) is 23.3 Å². The third-order valence-corrected chi connectivity index (χ3v) is 4.95. The molecule has 2 aromatic carbocycles. The maximum atomic E-state index is 12.1. The van der Waals surface area contributed by atoms with E-state index in [1.54, 1.807) is 11.8 Å². The van der Waals surface area contributed by atoms with Gasteiger partial charge in [-0.25, -0.2) is 4.98 Å². The Kier molecular flexibility index (Phi) is 4.67. The Morgan fingerprint density at radius 3 is 2.70 bits per heavy atom. The van der Waals surface area contributed by atoms with Gasteiger partial charge in [-0.15, -0.1) is 11.8 Å². The van der Waals surface area contributed by atoms with Gasteiger partial charge >= 0.3 is 0 Å². The van der Waals surface area contributed by atoms with Crippen LogP contribution in [0.1, 0.15) is 11.4 Å². The third-order valence-electron chi connectivity index (χ3n) is 3.78. The van der Waals surface area contributed by atoms with E-state index in [4.69, 9.17) is 0 Å². The van der Waals surface area contributed by atoms with E-state index in [0.29, 0.717) is 12.3 Å². The highest BCUT2D eigenvalue weighted by Gasteiger charge is 2.09. The maximum Gasteiger partial charge on any atom is 0.230 e. The van der Waals surface area contributed by atoms with Crippen LogP contribution in [0.5, 0.6) is 0 Å². The first-order valence-corrected chi connectivity index (χ1v) is 8.49. The van der Waals surface area contributed by atoms with Crippen molar-refractivity contribution in [3.8, 4) is 0 Å². The second kappa shape index (κ2) is 6.87. The van der Waals surface area contributed by atoms with E-state index in [-0.39, 0.29) is 5.91 Å².